The van der Waals surface area contributed by atoms with Crippen LogP contribution in [0.15, 0.2) is 42.5 Å². The smallest absolute Gasteiger partial charge is 0.314 e. The molecule has 0 bridgehead atoms. The first-order valence-electron chi connectivity index (χ1n) is 6.60. The Kier molecular flexibility index (Phi) is 4.09. The van der Waals surface area contributed by atoms with E-state index in [2.05, 4.69) is 18.2 Å². The van der Waals surface area contributed by atoms with Crippen LogP contribution in [0.4, 0.5) is 0 Å². The van der Waals surface area contributed by atoms with Gasteiger partial charge in [0.05, 0.1) is 18.6 Å². The minimum Gasteiger partial charge on any atom is -0.469 e. The minimum atomic E-state index is -0.744. The fourth-order valence-corrected chi connectivity index (χ4v) is 2.59. The lowest BCUT2D eigenvalue weighted by atomic mass is 9.82. The normalized spacial score (nSPS) is 13.2. The van der Waals surface area contributed by atoms with Gasteiger partial charge in [0.1, 0.15) is 0 Å². The van der Waals surface area contributed by atoms with Crippen molar-refractivity contribution in [2.75, 3.05) is 14.2 Å². The largest absolute Gasteiger partial charge is 0.469 e. The molecule has 20 heavy (non-hydrogen) atoms. The molecule has 0 aliphatic carbocycles. The van der Waals surface area contributed by atoms with Gasteiger partial charge in [-0.2, -0.15) is 0 Å². The van der Waals surface area contributed by atoms with Crippen molar-refractivity contribution >= 4 is 16.7 Å². The summed E-state index contributed by atoms with van der Waals surface area (Å²) in [5.74, 6) is -0.280. The maximum atomic E-state index is 12.0. The van der Waals surface area contributed by atoms with Gasteiger partial charge in [0.25, 0.3) is 0 Å². The number of hydrogen-bond acceptors (Lipinski definition) is 3. The summed E-state index contributed by atoms with van der Waals surface area (Å²) in [6.07, 6.45) is -0.348. The average Bonchev–Trinajstić information content (AvgIpc) is 2.46. The zero-order valence-electron chi connectivity index (χ0n) is 12.3. The molecular weight excluding hydrogens is 252 g/mol. The van der Waals surface area contributed by atoms with Gasteiger partial charge in [-0.3, -0.25) is 4.79 Å². The molecule has 1 unspecified atom stereocenters. The molecule has 0 spiro atoms. The maximum absolute atomic E-state index is 12.0. The number of esters is 1. The van der Waals surface area contributed by atoms with Crippen molar-refractivity contribution in [2.45, 2.75) is 20.0 Å². The van der Waals surface area contributed by atoms with E-state index in [0.717, 1.165) is 10.9 Å². The Labute approximate surface area is 119 Å². The number of benzene rings is 2. The number of rotatable bonds is 4. The summed E-state index contributed by atoms with van der Waals surface area (Å²) < 4.78 is 10.5. The van der Waals surface area contributed by atoms with Gasteiger partial charge in [-0.25, -0.2) is 0 Å². The molecule has 0 saturated carbocycles. The lowest BCUT2D eigenvalue weighted by Crippen LogP contribution is -2.33. The second-order valence-electron chi connectivity index (χ2n) is 5.44. The highest BCUT2D eigenvalue weighted by Gasteiger charge is 2.39. The van der Waals surface area contributed by atoms with Gasteiger partial charge in [0.2, 0.25) is 0 Å². The van der Waals surface area contributed by atoms with Crippen LogP contribution in [-0.4, -0.2) is 20.2 Å². The van der Waals surface area contributed by atoms with E-state index in [4.69, 9.17) is 9.47 Å². The Morgan fingerprint density at radius 3 is 2.30 bits per heavy atom. The molecule has 0 aliphatic heterocycles. The molecule has 0 heterocycles. The van der Waals surface area contributed by atoms with Crippen LogP contribution in [0.1, 0.15) is 25.5 Å². The summed E-state index contributed by atoms with van der Waals surface area (Å²) in [5, 5.41) is 2.30. The van der Waals surface area contributed by atoms with E-state index in [1.807, 2.05) is 38.1 Å². The van der Waals surface area contributed by atoms with Crippen molar-refractivity contribution in [2.24, 2.45) is 5.41 Å². The van der Waals surface area contributed by atoms with E-state index in [-0.39, 0.29) is 12.1 Å². The highest BCUT2D eigenvalue weighted by Crippen LogP contribution is 2.38. The van der Waals surface area contributed by atoms with Crippen molar-refractivity contribution in [3.05, 3.63) is 48.0 Å². The molecule has 2 rings (SSSR count). The second-order valence-corrected chi connectivity index (χ2v) is 5.44. The topological polar surface area (TPSA) is 35.5 Å². The van der Waals surface area contributed by atoms with Gasteiger partial charge < -0.3 is 9.47 Å². The van der Waals surface area contributed by atoms with Gasteiger partial charge >= 0.3 is 5.97 Å². The first kappa shape index (κ1) is 14.5. The van der Waals surface area contributed by atoms with Crippen molar-refractivity contribution < 1.29 is 14.3 Å². The number of hydrogen-bond donors (Lipinski definition) is 0. The van der Waals surface area contributed by atoms with Crippen LogP contribution in [0.2, 0.25) is 0 Å². The van der Waals surface area contributed by atoms with E-state index < -0.39 is 5.41 Å². The Morgan fingerprint density at radius 1 is 1.05 bits per heavy atom. The second kappa shape index (κ2) is 5.63. The molecule has 2 aromatic carbocycles. The number of ether oxygens (including phenoxy) is 2. The number of methoxy groups -OCH3 is 2. The molecule has 0 aliphatic rings. The standard InChI is InChI=1S/C17H20O3/c1-17(2,16(18)20-4)15(19-3)14-10-9-12-7-5-6-8-13(12)11-14/h5-11,15H,1-4H3. The molecule has 0 aromatic heterocycles. The van der Waals surface area contributed by atoms with Gasteiger partial charge in [0, 0.05) is 7.11 Å². The third-order valence-corrected chi connectivity index (χ3v) is 3.68. The third-order valence-electron chi connectivity index (χ3n) is 3.68. The Morgan fingerprint density at radius 2 is 1.70 bits per heavy atom. The molecule has 3 heteroatoms. The fraction of sp³-hybridized carbons (Fsp3) is 0.353. The van der Waals surface area contributed by atoms with Gasteiger partial charge in [0.15, 0.2) is 0 Å². The minimum absolute atomic E-state index is 0.280. The van der Waals surface area contributed by atoms with E-state index in [9.17, 15) is 4.79 Å². The molecule has 3 nitrogen and oxygen atoms in total. The maximum Gasteiger partial charge on any atom is 0.314 e. The quantitative estimate of drug-likeness (QED) is 0.796. The Bertz CT molecular complexity index is 616. The van der Waals surface area contributed by atoms with Crippen LogP contribution in [0, 0.1) is 5.41 Å². The SMILES string of the molecule is COC(=O)C(C)(C)C(OC)c1ccc2ccccc2c1. The summed E-state index contributed by atoms with van der Waals surface area (Å²) in [4.78, 5) is 12.0. The third kappa shape index (κ3) is 2.54. The molecule has 0 radical (unpaired) electrons. The van der Waals surface area contributed by atoms with Gasteiger partial charge in [-0.1, -0.05) is 36.4 Å². The van der Waals surface area contributed by atoms with Crippen LogP contribution < -0.4 is 0 Å². The van der Waals surface area contributed by atoms with Crippen LogP contribution in [0.5, 0.6) is 0 Å². The molecule has 0 saturated heterocycles. The molecule has 1 atom stereocenters. The molecule has 0 N–H and O–H groups in total. The monoisotopic (exact) mass is 272 g/mol. The predicted molar refractivity (Wildman–Crippen MR) is 79.5 cm³/mol. The lowest BCUT2D eigenvalue weighted by molar-refractivity contribution is -0.159. The lowest BCUT2D eigenvalue weighted by Gasteiger charge is -2.31. The molecule has 0 fully saturated rings. The van der Waals surface area contributed by atoms with E-state index in [1.54, 1.807) is 7.11 Å². The highest BCUT2D eigenvalue weighted by atomic mass is 16.5. The van der Waals surface area contributed by atoms with Crippen molar-refractivity contribution in [3.63, 3.8) is 0 Å². The van der Waals surface area contributed by atoms with Gasteiger partial charge in [-0.15, -0.1) is 0 Å². The first-order valence-corrected chi connectivity index (χ1v) is 6.60. The number of fused-ring (bicyclic) bond motifs is 1. The first-order chi connectivity index (χ1) is 9.50. The molecular formula is C17H20O3. The number of carbonyl (C=O) groups is 1. The van der Waals surface area contributed by atoms with E-state index in [1.165, 1.54) is 12.5 Å². The molecule has 0 amide bonds. The van der Waals surface area contributed by atoms with Gasteiger partial charge in [-0.05, 0) is 36.2 Å². The average molecular weight is 272 g/mol. The van der Waals surface area contributed by atoms with Crippen LogP contribution >= 0.6 is 0 Å². The van der Waals surface area contributed by atoms with Crippen LogP contribution in [0.25, 0.3) is 10.8 Å². The Hall–Kier alpha value is -1.87. The summed E-state index contributed by atoms with van der Waals surface area (Å²) in [6.45, 7) is 3.67. The highest BCUT2D eigenvalue weighted by molar-refractivity contribution is 5.83. The number of carbonyl (C=O) groups excluding carboxylic acids is 1. The predicted octanol–water partition coefficient (Wildman–Crippen LogP) is 3.73. The molecule has 106 valence electrons. The molecule has 2 aromatic rings. The zero-order chi connectivity index (χ0) is 14.8. The summed E-state index contributed by atoms with van der Waals surface area (Å²) >= 11 is 0. The van der Waals surface area contributed by atoms with Crippen molar-refractivity contribution in [1.82, 2.24) is 0 Å². The Balaban J connectivity index is 2.46. The fourth-order valence-electron chi connectivity index (χ4n) is 2.59. The zero-order valence-corrected chi connectivity index (χ0v) is 12.3. The van der Waals surface area contributed by atoms with Crippen molar-refractivity contribution in [3.8, 4) is 0 Å². The summed E-state index contributed by atoms with van der Waals surface area (Å²) in [7, 11) is 3.02. The van der Waals surface area contributed by atoms with Crippen molar-refractivity contribution in [1.29, 1.82) is 0 Å². The van der Waals surface area contributed by atoms with E-state index >= 15 is 0 Å². The van der Waals surface area contributed by atoms with E-state index in [0.29, 0.717) is 0 Å². The van der Waals surface area contributed by atoms with Crippen LogP contribution in [0.3, 0.4) is 0 Å². The van der Waals surface area contributed by atoms with Crippen LogP contribution in [-0.2, 0) is 14.3 Å². The summed E-state index contributed by atoms with van der Waals surface area (Å²) in [5.41, 5.74) is 0.230. The summed E-state index contributed by atoms with van der Waals surface area (Å²) in [6, 6.07) is 14.2.